The van der Waals surface area contributed by atoms with E-state index in [2.05, 4.69) is 38.2 Å². The van der Waals surface area contributed by atoms with Crippen LogP contribution in [-0.4, -0.2) is 12.0 Å². The van der Waals surface area contributed by atoms with Crippen molar-refractivity contribution in [2.45, 2.75) is 46.8 Å². The van der Waals surface area contributed by atoms with Gasteiger partial charge in [-0.2, -0.15) is 0 Å². The Morgan fingerprint density at radius 2 is 1.71 bits per heavy atom. The zero-order chi connectivity index (χ0) is 17.9. The van der Waals surface area contributed by atoms with Crippen LogP contribution >= 0.6 is 11.6 Å². The van der Waals surface area contributed by atoms with Crippen LogP contribution in [0.4, 0.5) is 0 Å². The Morgan fingerprint density at radius 3 is 2.38 bits per heavy atom. The molecule has 2 aromatic rings. The van der Waals surface area contributed by atoms with Gasteiger partial charge in [-0.3, -0.25) is 4.79 Å². The topological polar surface area (TPSA) is 38.3 Å². The molecular formula is C20H24ClNO2. The summed E-state index contributed by atoms with van der Waals surface area (Å²) in [6.07, 6.45) is -0.599. The Kier molecular flexibility index (Phi) is 5.89. The van der Waals surface area contributed by atoms with E-state index in [1.54, 1.807) is 31.2 Å². The number of hydrogen-bond donors (Lipinski definition) is 1. The van der Waals surface area contributed by atoms with Crippen LogP contribution in [0.1, 0.15) is 42.1 Å². The van der Waals surface area contributed by atoms with Crippen LogP contribution in [0.3, 0.4) is 0 Å². The highest BCUT2D eigenvalue weighted by atomic mass is 35.5. The average Bonchev–Trinajstić information content (AvgIpc) is 2.50. The van der Waals surface area contributed by atoms with Crippen molar-refractivity contribution < 1.29 is 9.53 Å². The van der Waals surface area contributed by atoms with E-state index in [9.17, 15) is 4.79 Å². The minimum atomic E-state index is -0.599. The van der Waals surface area contributed by atoms with Gasteiger partial charge in [0.2, 0.25) is 0 Å². The molecule has 0 spiro atoms. The molecule has 2 rings (SSSR count). The maximum Gasteiger partial charge on any atom is 0.261 e. The summed E-state index contributed by atoms with van der Waals surface area (Å²) in [6.45, 7) is 9.96. The molecule has 2 aromatic carbocycles. The van der Waals surface area contributed by atoms with Crippen LogP contribution < -0.4 is 10.1 Å². The number of halogens is 1. The van der Waals surface area contributed by atoms with Gasteiger partial charge in [0.05, 0.1) is 6.04 Å². The Morgan fingerprint density at radius 1 is 1.04 bits per heavy atom. The molecule has 3 nitrogen and oxygen atoms in total. The minimum absolute atomic E-state index is 0.0813. The fraction of sp³-hybridized carbons (Fsp3) is 0.350. The third kappa shape index (κ3) is 4.51. The molecule has 1 N–H and O–H groups in total. The van der Waals surface area contributed by atoms with Gasteiger partial charge < -0.3 is 10.1 Å². The van der Waals surface area contributed by atoms with E-state index in [1.165, 1.54) is 16.7 Å². The SMILES string of the molecule is Cc1cc(C)c([C@@H](C)NC(=O)[C@@H](C)Oc2cccc(Cl)c2)cc1C. The zero-order valence-corrected chi connectivity index (χ0v) is 15.6. The summed E-state index contributed by atoms with van der Waals surface area (Å²) in [5.74, 6) is 0.431. The van der Waals surface area contributed by atoms with Crippen LogP contribution in [0.5, 0.6) is 5.75 Å². The summed E-state index contributed by atoms with van der Waals surface area (Å²) in [5, 5.41) is 3.60. The van der Waals surface area contributed by atoms with Gasteiger partial charge >= 0.3 is 0 Å². The van der Waals surface area contributed by atoms with Crippen molar-refractivity contribution >= 4 is 17.5 Å². The lowest BCUT2D eigenvalue weighted by Crippen LogP contribution is -2.38. The third-order valence-electron chi connectivity index (χ3n) is 4.19. The summed E-state index contributed by atoms with van der Waals surface area (Å²) in [6, 6.07) is 11.3. The summed E-state index contributed by atoms with van der Waals surface area (Å²) in [4.78, 5) is 12.4. The molecule has 2 atom stereocenters. The summed E-state index contributed by atoms with van der Waals surface area (Å²) >= 11 is 5.94. The maximum atomic E-state index is 12.4. The van der Waals surface area contributed by atoms with Crippen molar-refractivity contribution in [3.05, 3.63) is 63.7 Å². The molecule has 0 aromatic heterocycles. The highest BCUT2D eigenvalue weighted by molar-refractivity contribution is 6.30. The van der Waals surface area contributed by atoms with Crippen molar-refractivity contribution in [3.8, 4) is 5.75 Å². The Labute approximate surface area is 149 Å². The molecule has 0 aliphatic carbocycles. The number of rotatable bonds is 5. The number of ether oxygens (including phenoxy) is 1. The van der Waals surface area contributed by atoms with Gasteiger partial charge in [0, 0.05) is 5.02 Å². The van der Waals surface area contributed by atoms with Crippen LogP contribution in [0.2, 0.25) is 5.02 Å². The maximum absolute atomic E-state index is 12.4. The van der Waals surface area contributed by atoms with Gasteiger partial charge in [0.15, 0.2) is 6.10 Å². The Balaban J connectivity index is 2.04. The summed E-state index contributed by atoms with van der Waals surface area (Å²) < 4.78 is 5.67. The fourth-order valence-electron chi connectivity index (χ4n) is 2.66. The van der Waals surface area contributed by atoms with Gasteiger partial charge in [-0.1, -0.05) is 29.8 Å². The highest BCUT2D eigenvalue weighted by Crippen LogP contribution is 2.22. The van der Waals surface area contributed by atoms with Gasteiger partial charge in [0.1, 0.15) is 5.75 Å². The standard InChI is InChI=1S/C20H24ClNO2/c1-12-9-14(3)19(10-13(12)2)15(4)22-20(23)16(5)24-18-8-6-7-17(21)11-18/h6-11,15-16H,1-5H3,(H,22,23)/t15-,16-/m1/s1. The third-order valence-corrected chi connectivity index (χ3v) is 4.42. The number of benzene rings is 2. The molecule has 0 saturated heterocycles. The monoisotopic (exact) mass is 345 g/mol. The van der Waals surface area contributed by atoms with Crippen molar-refractivity contribution in [3.63, 3.8) is 0 Å². The summed E-state index contributed by atoms with van der Waals surface area (Å²) in [5.41, 5.74) is 4.78. The van der Waals surface area contributed by atoms with Gasteiger partial charge in [0.25, 0.3) is 5.91 Å². The van der Waals surface area contributed by atoms with Crippen LogP contribution in [-0.2, 0) is 4.79 Å². The lowest BCUT2D eigenvalue weighted by molar-refractivity contribution is -0.127. The first-order valence-corrected chi connectivity index (χ1v) is 8.46. The molecule has 0 aliphatic rings. The largest absolute Gasteiger partial charge is 0.481 e. The van der Waals surface area contributed by atoms with E-state index in [-0.39, 0.29) is 11.9 Å². The molecule has 0 heterocycles. The molecule has 0 unspecified atom stereocenters. The normalized spacial score (nSPS) is 13.2. The Hall–Kier alpha value is -2.00. The van der Waals surface area contributed by atoms with Crippen molar-refractivity contribution in [1.82, 2.24) is 5.32 Å². The molecule has 24 heavy (non-hydrogen) atoms. The van der Waals surface area contributed by atoms with E-state index in [0.717, 1.165) is 5.56 Å². The lowest BCUT2D eigenvalue weighted by Gasteiger charge is -2.21. The molecule has 128 valence electrons. The van der Waals surface area contributed by atoms with E-state index in [0.29, 0.717) is 10.8 Å². The van der Waals surface area contributed by atoms with Crippen molar-refractivity contribution in [2.24, 2.45) is 0 Å². The molecule has 4 heteroatoms. The highest BCUT2D eigenvalue weighted by Gasteiger charge is 2.19. The molecular weight excluding hydrogens is 322 g/mol. The fourth-order valence-corrected chi connectivity index (χ4v) is 2.84. The smallest absolute Gasteiger partial charge is 0.261 e. The number of amides is 1. The molecule has 0 bridgehead atoms. The molecule has 0 radical (unpaired) electrons. The second-order valence-electron chi connectivity index (χ2n) is 6.24. The Bertz CT molecular complexity index is 742. The predicted molar refractivity (Wildman–Crippen MR) is 98.8 cm³/mol. The lowest BCUT2D eigenvalue weighted by atomic mass is 9.96. The number of carbonyl (C=O) groups excluding carboxylic acids is 1. The minimum Gasteiger partial charge on any atom is -0.481 e. The molecule has 1 amide bonds. The van der Waals surface area contributed by atoms with E-state index in [4.69, 9.17) is 16.3 Å². The quantitative estimate of drug-likeness (QED) is 0.836. The predicted octanol–water partition coefficient (Wildman–Crippen LogP) is 4.91. The van der Waals surface area contributed by atoms with E-state index < -0.39 is 6.10 Å². The van der Waals surface area contributed by atoms with Crippen LogP contribution in [0.25, 0.3) is 0 Å². The van der Waals surface area contributed by atoms with Gasteiger partial charge in [-0.25, -0.2) is 0 Å². The number of aryl methyl sites for hydroxylation is 3. The molecule has 0 saturated carbocycles. The van der Waals surface area contributed by atoms with Gasteiger partial charge in [-0.15, -0.1) is 0 Å². The number of carbonyl (C=O) groups is 1. The van der Waals surface area contributed by atoms with Crippen LogP contribution in [0, 0.1) is 20.8 Å². The van der Waals surface area contributed by atoms with E-state index >= 15 is 0 Å². The van der Waals surface area contributed by atoms with Crippen molar-refractivity contribution in [2.75, 3.05) is 0 Å². The second-order valence-corrected chi connectivity index (χ2v) is 6.68. The average molecular weight is 346 g/mol. The first-order valence-electron chi connectivity index (χ1n) is 8.08. The number of nitrogens with one attached hydrogen (secondary N) is 1. The van der Waals surface area contributed by atoms with E-state index in [1.807, 2.05) is 6.92 Å². The second kappa shape index (κ2) is 7.71. The molecule has 0 fully saturated rings. The molecule has 0 aliphatic heterocycles. The van der Waals surface area contributed by atoms with Crippen LogP contribution in [0.15, 0.2) is 36.4 Å². The number of hydrogen-bond acceptors (Lipinski definition) is 2. The zero-order valence-electron chi connectivity index (χ0n) is 14.8. The van der Waals surface area contributed by atoms with Crippen molar-refractivity contribution in [1.29, 1.82) is 0 Å². The first-order chi connectivity index (χ1) is 11.3. The first kappa shape index (κ1) is 18.3. The summed E-state index contributed by atoms with van der Waals surface area (Å²) in [7, 11) is 0. The van der Waals surface area contributed by atoms with Gasteiger partial charge in [-0.05, 0) is 75.1 Å².